The number of hydrogen-bond acceptors (Lipinski definition) is 6. The van der Waals surface area contributed by atoms with Crippen molar-refractivity contribution in [2.45, 2.75) is 12.8 Å². The summed E-state index contributed by atoms with van der Waals surface area (Å²) in [7, 11) is 4.71. The number of carbonyl (C=O) groups excluding carboxylic acids is 2. The van der Waals surface area contributed by atoms with Crippen LogP contribution in [0, 0.1) is 0 Å². The predicted octanol–water partition coefficient (Wildman–Crippen LogP) is 2.16. The van der Waals surface area contributed by atoms with Crippen molar-refractivity contribution in [1.82, 2.24) is 5.32 Å². The SMILES string of the molecule is COc1cccc(CC(=O)OCC(=O)NCCc2ccc(OC)c(OC)c2)c1. The molecule has 0 spiro atoms. The molecule has 0 aliphatic carbocycles. The zero-order valence-corrected chi connectivity index (χ0v) is 16.3. The van der Waals surface area contributed by atoms with Gasteiger partial charge in [0.05, 0.1) is 27.8 Å². The number of amides is 1. The van der Waals surface area contributed by atoms with Crippen molar-refractivity contribution in [3.8, 4) is 17.2 Å². The van der Waals surface area contributed by atoms with Gasteiger partial charge >= 0.3 is 5.97 Å². The number of esters is 1. The van der Waals surface area contributed by atoms with Crippen molar-refractivity contribution in [2.75, 3.05) is 34.5 Å². The summed E-state index contributed by atoms with van der Waals surface area (Å²) < 4.78 is 20.6. The lowest BCUT2D eigenvalue weighted by molar-refractivity contribution is -0.147. The fraction of sp³-hybridized carbons (Fsp3) is 0.333. The van der Waals surface area contributed by atoms with Gasteiger partial charge in [-0.1, -0.05) is 18.2 Å². The molecule has 0 saturated heterocycles. The van der Waals surface area contributed by atoms with Crippen LogP contribution in [0.1, 0.15) is 11.1 Å². The van der Waals surface area contributed by atoms with Crippen LogP contribution in [0.2, 0.25) is 0 Å². The van der Waals surface area contributed by atoms with Crippen molar-refractivity contribution in [3.05, 3.63) is 53.6 Å². The van der Waals surface area contributed by atoms with Crippen molar-refractivity contribution in [3.63, 3.8) is 0 Å². The quantitative estimate of drug-likeness (QED) is 0.629. The maximum atomic E-state index is 11.9. The second-order valence-electron chi connectivity index (χ2n) is 5.98. The summed E-state index contributed by atoms with van der Waals surface area (Å²) in [5, 5.41) is 2.73. The van der Waals surface area contributed by atoms with Crippen molar-refractivity contribution in [1.29, 1.82) is 0 Å². The van der Waals surface area contributed by atoms with E-state index in [9.17, 15) is 9.59 Å². The van der Waals surface area contributed by atoms with E-state index in [4.69, 9.17) is 18.9 Å². The second-order valence-corrected chi connectivity index (χ2v) is 5.98. The van der Waals surface area contributed by atoms with Gasteiger partial charge in [0.25, 0.3) is 5.91 Å². The molecule has 0 bridgehead atoms. The molecular formula is C21H25NO6. The normalized spacial score (nSPS) is 10.1. The fourth-order valence-electron chi connectivity index (χ4n) is 2.58. The first-order valence-electron chi connectivity index (χ1n) is 8.82. The maximum absolute atomic E-state index is 11.9. The summed E-state index contributed by atoms with van der Waals surface area (Å²) in [6, 6.07) is 12.7. The minimum absolute atomic E-state index is 0.0795. The molecule has 7 nitrogen and oxygen atoms in total. The fourth-order valence-corrected chi connectivity index (χ4v) is 2.58. The Hall–Kier alpha value is -3.22. The summed E-state index contributed by atoms with van der Waals surface area (Å²) in [6.45, 7) is 0.108. The number of rotatable bonds is 10. The van der Waals surface area contributed by atoms with Crippen LogP contribution in [-0.2, 0) is 27.2 Å². The third kappa shape index (κ3) is 6.50. The molecule has 0 aliphatic heterocycles. The standard InChI is InChI=1S/C21H25NO6/c1-25-17-6-4-5-16(11-17)13-21(24)28-14-20(23)22-10-9-15-7-8-18(26-2)19(12-15)27-3/h4-8,11-12H,9-10,13-14H2,1-3H3,(H,22,23). The van der Waals surface area contributed by atoms with Crippen LogP contribution >= 0.6 is 0 Å². The van der Waals surface area contributed by atoms with Gasteiger partial charge in [-0.05, 0) is 41.8 Å². The Morgan fingerprint density at radius 3 is 2.39 bits per heavy atom. The molecule has 0 unspecified atom stereocenters. The van der Waals surface area contributed by atoms with Crippen LogP contribution in [0.15, 0.2) is 42.5 Å². The lowest BCUT2D eigenvalue weighted by Crippen LogP contribution is -2.30. The smallest absolute Gasteiger partial charge is 0.310 e. The van der Waals surface area contributed by atoms with E-state index in [0.717, 1.165) is 11.1 Å². The summed E-state index contributed by atoms with van der Waals surface area (Å²) in [5.74, 6) is 1.14. The zero-order valence-electron chi connectivity index (χ0n) is 16.3. The van der Waals surface area contributed by atoms with Gasteiger partial charge in [0.2, 0.25) is 0 Å². The molecule has 2 rings (SSSR count). The van der Waals surface area contributed by atoms with Crippen LogP contribution in [0.4, 0.5) is 0 Å². The Labute approximate surface area is 164 Å². The molecule has 0 heterocycles. The highest BCUT2D eigenvalue weighted by Crippen LogP contribution is 2.27. The van der Waals surface area contributed by atoms with E-state index < -0.39 is 5.97 Å². The van der Waals surface area contributed by atoms with Crippen LogP contribution in [0.5, 0.6) is 17.2 Å². The molecular weight excluding hydrogens is 362 g/mol. The minimum atomic E-state index is -0.469. The van der Waals surface area contributed by atoms with E-state index >= 15 is 0 Å². The van der Waals surface area contributed by atoms with Crippen LogP contribution in [-0.4, -0.2) is 46.4 Å². The number of carbonyl (C=O) groups is 2. The largest absolute Gasteiger partial charge is 0.497 e. The summed E-state index contributed by atoms with van der Waals surface area (Å²) in [6.07, 6.45) is 0.694. The highest BCUT2D eigenvalue weighted by atomic mass is 16.5. The van der Waals surface area contributed by atoms with E-state index in [2.05, 4.69) is 5.32 Å². The van der Waals surface area contributed by atoms with Crippen molar-refractivity contribution < 1.29 is 28.5 Å². The highest BCUT2D eigenvalue weighted by Gasteiger charge is 2.10. The van der Waals surface area contributed by atoms with E-state index in [-0.39, 0.29) is 18.9 Å². The molecule has 7 heteroatoms. The van der Waals surface area contributed by atoms with Gasteiger partial charge in [-0.2, -0.15) is 0 Å². The van der Waals surface area contributed by atoms with Gasteiger partial charge in [0.15, 0.2) is 18.1 Å². The summed E-state index contributed by atoms with van der Waals surface area (Å²) in [4.78, 5) is 23.7. The zero-order chi connectivity index (χ0) is 20.4. The van der Waals surface area contributed by atoms with Gasteiger partial charge in [0, 0.05) is 6.54 Å². The van der Waals surface area contributed by atoms with Gasteiger partial charge in [-0.3, -0.25) is 9.59 Å². The first kappa shape index (κ1) is 21.1. The molecule has 2 aromatic carbocycles. The monoisotopic (exact) mass is 387 g/mol. The molecule has 1 amide bonds. The number of nitrogens with one attached hydrogen (secondary N) is 1. The highest BCUT2D eigenvalue weighted by molar-refractivity contribution is 5.81. The van der Waals surface area contributed by atoms with Crippen molar-refractivity contribution >= 4 is 11.9 Å². The van der Waals surface area contributed by atoms with Crippen LogP contribution < -0.4 is 19.5 Å². The average Bonchev–Trinajstić information content (AvgIpc) is 2.72. The third-order valence-corrected chi connectivity index (χ3v) is 4.03. The molecule has 0 aromatic heterocycles. The molecule has 2 aromatic rings. The Kier molecular flexibility index (Phi) is 8.14. The summed E-state index contributed by atoms with van der Waals surface area (Å²) >= 11 is 0. The maximum Gasteiger partial charge on any atom is 0.310 e. The second kappa shape index (κ2) is 10.8. The van der Waals surface area contributed by atoms with Crippen LogP contribution in [0.3, 0.4) is 0 Å². The summed E-state index contributed by atoms with van der Waals surface area (Å²) in [5.41, 5.74) is 1.76. The molecule has 0 aliphatic rings. The number of benzene rings is 2. The van der Waals surface area contributed by atoms with Gasteiger partial charge in [0.1, 0.15) is 5.75 Å². The number of ether oxygens (including phenoxy) is 4. The molecule has 150 valence electrons. The number of hydrogen-bond donors (Lipinski definition) is 1. The lowest BCUT2D eigenvalue weighted by atomic mass is 10.1. The van der Waals surface area contributed by atoms with Gasteiger partial charge in [-0.25, -0.2) is 0 Å². The Bertz CT molecular complexity index is 805. The van der Waals surface area contributed by atoms with Gasteiger partial charge in [-0.15, -0.1) is 0 Å². The van der Waals surface area contributed by atoms with E-state index in [1.165, 1.54) is 0 Å². The molecule has 0 fully saturated rings. The minimum Gasteiger partial charge on any atom is -0.497 e. The molecule has 0 saturated carbocycles. The molecule has 1 N–H and O–H groups in total. The lowest BCUT2D eigenvalue weighted by Gasteiger charge is -2.10. The van der Waals surface area contributed by atoms with Crippen LogP contribution in [0.25, 0.3) is 0 Å². The molecule has 0 atom stereocenters. The van der Waals surface area contributed by atoms with Crippen molar-refractivity contribution in [2.24, 2.45) is 0 Å². The predicted molar refractivity (Wildman–Crippen MR) is 104 cm³/mol. The van der Waals surface area contributed by atoms with E-state index in [0.29, 0.717) is 30.2 Å². The van der Waals surface area contributed by atoms with E-state index in [1.54, 1.807) is 45.6 Å². The molecule has 0 radical (unpaired) electrons. The Balaban J connectivity index is 1.71. The van der Waals surface area contributed by atoms with E-state index in [1.807, 2.05) is 18.2 Å². The Morgan fingerprint density at radius 1 is 0.893 bits per heavy atom. The Morgan fingerprint density at radius 2 is 1.68 bits per heavy atom. The first-order chi connectivity index (χ1) is 13.5. The first-order valence-corrected chi connectivity index (χ1v) is 8.82. The average molecular weight is 387 g/mol. The number of methoxy groups -OCH3 is 3. The molecule has 28 heavy (non-hydrogen) atoms. The van der Waals surface area contributed by atoms with Gasteiger partial charge < -0.3 is 24.3 Å². The topological polar surface area (TPSA) is 83.1 Å². The third-order valence-electron chi connectivity index (χ3n) is 4.03.